The molecule has 1 aromatic carbocycles. The molecule has 0 unspecified atom stereocenters. The van der Waals surface area contributed by atoms with Crippen molar-refractivity contribution in [2.75, 3.05) is 46.3 Å². The Kier molecular flexibility index (Phi) is 6.51. The van der Waals surface area contributed by atoms with Crippen molar-refractivity contribution in [3.8, 4) is 0 Å². The first-order chi connectivity index (χ1) is 11.8. The third-order valence-electron chi connectivity index (χ3n) is 4.08. The van der Waals surface area contributed by atoms with Gasteiger partial charge in [-0.15, -0.1) is 0 Å². The van der Waals surface area contributed by atoms with E-state index in [4.69, 9.17) is 0 Å². The molecule has 0 atom stereocenters. The highest BCUT2D eigenvalue weighted by atomic mass is 32.2. The Morgan fingerprint density at radius 1 is 1.04 bits per heavy atom. The predicted molar refractivity (Wildman–Crippen MR) is 93.5 cm³/mol. The number of carbonyl (C=O) groups excluding carboxylic acids is 2. The van der Waals surface area contributed by atoms with E-state index in [2.05, 4.69) is 10.6 Å². The quantitative estimate of drug-likeness (QED) is 0.682. The minimum absolute atomic E-state index is 0.0584. The van der Waals surface area contributed by atoms with Crippen molar-refractivity contribution >= 4 is 21.8 Å². The first kappa shape index (κ1) is 19.4. The molecule has 1 heterocycles. The van der Waals surface area contributed by atoms with E-state index in [-0.39, 0.29) is 29.8 Å². The summed E-state index contributed by atoms with van der Waals surface area (Å²) in [6, 6.07) is 6.78. The molecule has 0 radical (unpaired) electrons. The van der Waals surface area contributed by atoms with E-state index in [1.54, 1.807) is 24.3 Å². The van der Waals surface area contributed by atoms with Gasteiger partial charge >= 0.3 is 0 Å². The minimum atomic E-state index is -3.50. The van der Waals surface area contributed by atoms with Crippen molar-refractivity contribution in [1.29, 1.82) is 0 Å². The molecule has 1 fully saturated rings. The molecule has 0 aliphatic carbocycles. The molecule has 0 spiro atoms. The van der Waals surface area contributed by atoms with Gasteiger partial charge in [-0.25, -0.2) is 8.42 Å². The first-order valence-electron chi connectivity index (χ1n) is 8.09. The lowest BCUT2D eigenvalue weighted by atomic mass is 10.2. The average Bonchev–Trinajstić information content (AvgIpc) is 2.60. The lowest BCUT2D eigenvalue weighted by molar-refractivity contribution is -0.126. The number of hydrogen-bond acceptors (Lipinski definition) is 5. The van der Waals surface area contributed by atoms with Gasteiger partial charge in [-0.3, -0.25) is 14.5 Å². The maximum Gasteiger partial charge on any atom is 0.243 e. The number of likely N-dealkylation sites (N-methyl/N-ethyl adjacent to an activating group) is 1. The second-order valence-electron chi connectivity index (χ2n) is 5.94. The van der Waals surface area contributed by atoms with Crippen molar-refractivity contribution in [2.45, 2.75) is 11.8 Å². The normalized spacial score (nSPS) is 16.4. The molecular weight excluding hydrogens is 344 g/mol. The highest BCUT2D eigenvalue weighted by molar-refractivity contribution is 7.89. The van der Waals surface area contributed by atoms with Crippen LogP contribution in [0.25, 0.3) is 0 Å². The zero-order valence-electron chi connectivity index (χ0n) is 14.5. The summed E-state index contributed by atoms with van der Waals surface area (Å²) in [6.45, 7) is 3.60. The molecule has 0 aromatic heterocycles. The topological polar surface area (TPSA) is 98.8 Å². The third kappa shape index (κ3) is 5.25. The van der Waals surface area contributed by atoms with Crippen molar-refractivity contribution in [3.63, 3.8) is 0 Å². The maximum absolute atomic E-state index is 12.6. The second kappa shape index (κ2) is 8.41. The summed E-state index contributed by atoms with van der Waals surface area (Å²) in [6.07, 6.45) is 0. The Morgan fingerprint density at radius 3 is 2.20 bits per heavy atom. The zero-order chi connectivity index (χ0) is 18.4. The fourth-order valence-corrected chi connectivity index (χ4v) is 3.94. The fraction of sp³-hybridized carbons (Fsp3) is 0.500. The van der Waals surface area contributed by atoms with Crippen molar-refractivity contribution < 1.29 is 18.0 Å². The lowest BCUT2D eigenvalue weighted by Gasteiger charge is -2.33. The summed E-state index contributed by atoms with van der Waals surface area (Å²) in [5.74, 6) is -0.513. The number of hydrogen-bond donors (Lipinski definition) is 2. The van der Waals surface area contributed by atoms with Gasteiger partial charge in [-0.05, 0) is 19.1 Å². The summed E-state index contributed by atoms with van der Waals surface area (Å²) >= 11 is 0. The van der Waals surface area contributed by atoms with E-state index < -0.39 is 10.0 Å². The van der Waals surface area contributed by atoms with Crippen LogP contribution in [0.5, 0.6) is 0 Å². The van der Waals surface area contributed by atoms with E-state index in [0.29, 0.717) is 26.2 Å². The molecule has 0 saturated carbocycles. The summed E-state index contributed by atoms with van der Waals surface area (Å²) in [5, 5.41) is 4.95. The van der Waals surface area contributed by atoms with Crippen LogP contribution in [-0.4, -0.2) is 75.8 Å². The largest absolute Gasteiger partial charge is 0.358 e. The van der Waals surface area contributed by atoms with Crippen LogP contribution in [0, 0.1) is 6.92 Å². The molecule has 8 nitrogen and oxygen atoms in total. The van der Waals surface area contributed by atoms with Gasteiger partial charge in [0, 0.05) is 33.2 Å². The molecule has 0 bridgehead atoms. The highest BCUT2D eigenvalue weighted by Gasteiger charge is 2.28. The lowest BCUT2D eigenvalue weighted by Crippen LogP contribution is -2.51. The van der Waals surface area contributed by atoms with Crippen LogP contribution >= 0.6 is 0 Å². The van der Waals surface area contributed by atoms with E-state index >= 15 is 0 Å². The number of rotatable bonds is 6. The number of nitrogens with one attached hydrogen (secondary N) is 2. The Balaban J connectivity index is 1.85. The van der Waals surface area contributed by atoms with Gasteiger partial charge in [0.2, 0.25) is 21.8 Å². The van der Waals surface area contributed by atoms with Crippen molar-refractivity contribution in [3.05, 3.63) is 29.8 Å². The van der Waals surface area contributed by atoms with Gasteiger partial charge in [0.1, 0.15) is 0 Å². The molecule has 1 aromatic rings. The molecule has 1 aliphatic rings. The first-order valence-corrected chi connectivity index (χ1v) is 9.53. The summed E-state index contributed by atoms with van der Waals surface area (Å²) < 4.78 is 26.7. The number of carbonyl (C=O) groups is 2. The Morgan fingerprint density at radius 2 is 1.64 bits per heavy atom. The van der Waals surface area contributed by atoms with E-state index in [1.165, 1.54) is 11.4 Å². The number of benzene rings is 1. The van der Waals surface area contributed by atoms with Crippen LogP contribution in [0.3, 0.4) is 0 Å². The van der Waals surface area contributed by atoms with Gasteiger partial charge in [0.15, 0.2) is 0 Å². The Labute approximate surface area is 148 Å². The summed E-state index contributed by atoms with van der Waals surface area (Å²) in [5.41, 5.74) is 1.01. The molecule has 2 amide bonds. The van der Waals surface area contributed by atoms with Crippen LogP contribution < -0.4 is 10.6 Å². The van der Waals surface area contributed by atoms with Crippen LogP contribution in [0.4, 0.5) is 0 Å². The Bertz CT molecular complexity index is 710. The standard InChI is InChI=1S/C16H24N4O4S/c1-13-3-5-14(6-4-13)25(23,24)20-9-7-19(8-10-20)12-16(22)18-11-15(21)17-2/h3-6H,7-12H2,1-2H3,(H,17,21)(H,18,22). The van der Waals surface area contributed by atoms with E-state index in [0.717, 1.165) is 5.56 Å². The molecule has 1 saturated heterocycles. The minimum Gasteiger partial charge on any atom is -0.358 e. The summed E-state index contributed by atoms with van der Waals surface area (Å²) in [7, 11) is -2.00. The van der Waals surface area contributed by atoms with Crippen LogP contribution in [0.2, 0.25) is 0 Å². The van der Waals surface area contributed by atoms with E-state index in [1.807, 2.05) is 11.8 Å². The number of amides is 2. The second-order valence-corrected chi connectivity index (χ2v) is 7.88. The molecule has 138 valence electrons. The monoisotopic (exact) mass is 368 g/mol. The van der Waals surface area contributed by atoms with E-state index in [9.17, 15) is 18.0 Å². The van der Waals surface area contributed by atoms with Crippen LogP contribution in [-0.2, 0) is 19.6 Å². The molecule has 1 aliphatic heterocycles. The molecule has 9 heteroatoms. The third-order valence-corrected chi connectivity index (χ3v) is 6.00. The average molecular weight is 368 g/mol. The predicted octanol–water partition coefficient (Wildman–Crippen LogP) is -0.836. The van der Waals surface area contributed by atoms with Gasteiger partial charge in [-0.2, -0.15) is 4.31 Å². The van der Waals surface area contributed by atoms with Gasteiger partial charge in [-0.1, -0.05) is 17.7 Å². The molecule has 2 rings (SSSR count). The van der Waals surface area contributed by atoms with Gasteiger partial charge in [0.25, 0.3) is 0 Å². The van der Waals surface area contributed by atoms with Gasteiger partial charge in [0.05, 0.1) is 18.0 Å². The van der Waals surface area contributed by atoms with Gasteiger partial charge < -0.3 is 10.6 Å². The van der Waals surface area contributed by atoms with Crippen LogP contribution in [0.15, 0.2) is 29.2 Å². The molecule has 25 heavy (non-hydrogen) atoms. The highest BCUT2D eigenvalue weighted by Crippen LogP contribution is 2.18. The number of sulfonamides is 1. The number of aryl methyl sites for hydroxylation is 1. The maximum atomic E-state index is 12.6. The number of piperazine rings is 1. The Hall–Kier alpha value is -1.97. The molecule has 2 N–H and O–H groups in total. The zero-order valence-corrected chi connectivity index (χ0v) is 15.3. The SMILES string of the molecule is CNC(=O)CNC(=O)CN1CCN(S(=O)(=O)c2ccc(C)cc2)CC1. The van der Waals surface area contributed by atoms with Crippen molar-refractivity contribution in [2.24, 2.45) is 0 Å². The fourth-order valence-electron chi connectivity index (χ4n) is 2.51. The smallest absolute Gasteiger partial charge is 0.243 e. The number of nitrogens with zero attached hydrogens (tertiary/aromatic N) is 2. The van der Waals surface area contributed by atoms with Crippen molar-refractivity contribution in [1.82, 2.24) is 19.8 Å². The van der Waals surface area contributed by atoms with Crippen LogP contribution in [0.1, 0.15) is 5.56 Å². The molecular formula is C16H24N4O4S. The summed E-state index contributed by atoms with van der Waals surface area (Å²) in [4.78, 5) is 25.1.